The minimum Gasteiger partial charge on any atom is -0.406 e. The first kappa shape index (κ1) is 27.9. The van der Waals surface area contributed by atoms with Gasteiger partial charge in [0.2, 0.25) is 5.82 Å². The third-order valence-electron chi connectivity index (χ3n) is 5.80. The van der Waals surface area contributed by atoms with Gasteiger partial charge in [-0.05, 0) is 49.4 Å². The molecule has 5 rings (SSSR count). The molecule has 0 bridgehead atoms. The largest absolute Gasteiger partial charge is 0.573 e. The van der Waals surface area contributed by atoms with Gasteiger partial charge in [-0.1, -0.05) is 23.9 Å². The number of halogens is 6. The molecule has 0 spiro atoms. The van der Waals surface area contributed by atoms with E-state index >= 15 is 0 Å². The molecule has 0 fully saturated rings. The Hall–Kier alpha value is -4.60. The van der Waals surface area contributed by atoms with Gasteiger partial charge in [0.1, 0.15) is 17.3 Å². The number of sulfonamides is 1. The van der Waals surface area contributed by atoms with Crippen molar-refractivity contribution in [1.82, 2.24) is 15.1 Å². The number of nitrogens with one attached hydrogen (secondary N) is 1. The van der Waals surface area contributed by atoms with Crippen molar-refractivity contribution in [2.24, 2.45) is 0 Å². The molecule has 0 aliphatic carbocycles. The van der Waals surface area contributed by atoms with Crippen molar-refractivity contribution < 1.29 is 44.0 Å². The Kier molecular flexibility index (Phi) is 6.68. The minimum absolute atomic E-state index is 0.0374. The fourth-order valence-corrected chi connectivity index (χ4v) is 5.47. The third-order valence-corrected chi connectivity index (χ3v) is 7.56. The van der Waals surface area contributed by atoms with E-state index in [1.807, 2.05) is 0 Å². The Morgan fingerprint density at radius 2 is 1.73 bits per heavy atom. The van der Waals surface area contributed by atoms with Crippen LogP contribution in [0.25, 0.3) is 17.0 Å². The Bertz CT molecular complexity index is 1750. The zero-order valence-electron chi connectivity index (χ0n) is 20.7. The minimum atomic E-state index is -5.00. The number of aromatic nitrogens is 3. The molecule has 0 saturated heterocycles. The molecule has 3 heterocycles. The molecular formula is C25H17F6N5O4S. The summed E-state index contributed by atoms with van der Waals surface area (Å²) >= 11 is 0. The average molecular weight is 597 g/mol. The molecule has 2 aromatic heterocycles. The molecular weight excluding hydrogens is 580 g/mol. The molecule has 214 valence electrons. The van der Waals surface area contributed by atoms with Crippen LogP contribution < -0.4 is 14.4 Å². The summed E-state index contributed by atoms with van der Waals surface area (Å²) in [6, 6.07) is 9.65. The fraction of sp³-hybridized carbons (Fsp3) is 0.160. The van der Waals surface area contributed by atoms with E-state index in [9.17, 15) is 34.8 Å². The Labute approximate surface area is 228 Å². The molecule has 1 aliphatic heterocycles. The van der Waals surface area contributed by atoms with Crippen LogP contribution in [0.4, 0.5) is 43.5 Å². The number of pyridine rings is 1. The monoisotopic (exact) mass is 597 g/mol. The van der Waals surface area contributed by atoms with Gasteiger partial charge < -0.3 is 14.6 Å². The summed E-state index contributed by atoms with van der Waals surface area (Å²) in [6.07, 6.45) is -9.77. The van der Waals surface area contributed by atoms with Gasteiger partial charge in [-0.2, -0.15) is 18.2 Å². The first-order valence-corrected chi connectivity index (χ1v) is 12.9. The molecule has 16 heteroatoms. The van der Waals surface area contributed by atoms with Gasteiger partial charge in [-0.3, -0.25) is 4.31 Å². The van der Waals surface area contributed by atoms with Crippen LogP contribution in [0, 0.1) is 0 Å². The second kappa shape index (κ2) is 9.79. The summed E-state index contributed by atoms with van der Waals surface area (Å²) in [5.41, 5.74) is -0.612. The topological polar surface area (TPSA) is 110 Å². The first-order chi connectivity index (χ1) is 19.1. The van der Waals surface area contributed by atoms with E-state index in [1.165, 1.54) is 18.2 Å². The van der Waals surface area contributed by atoms with E-state index in [0.717, 1.165) is 34.6 Å². The normalized spacial score (nSPS) is 13.6. The summed E-state index contributed by atoms with van der Waals surface area (Å²) in [6.45, 7) is 4.81. The Balaban J connectivity index is 1.69. The number of allylic oxidation sites excluding steroid dienone is 1. The van der Waals surface area contributed by atoms with E-state index in [4.69, 9.17) is 4.52 Å². The van der Waals surface area contributed by atoms with Crippen molar-refractivity contribution in [1.29, 1.82) is 0 Å². The summed E-state index contributed by atoms with van der Waals surface area (Å²) < 4.78 is 116. The summed E-state index contributed by atoms with van der Waals surface area (Å²) in [5, 5.41) is 6.67. The molecule has 0 saturated carbocycles. The lowest BCUT2D eigenvalue weighted by Gasteiger charge is -2.26. The average Bonchev–Trinajstić information content (AvgIpc) is 3.30. The van der Waals surface area contributed by atoms with Crippen molar-refractivity contribution in [3.8, 4) is 17.1 Å². The van der Waals surface area contributed by atoms with Crippen molar-refractivity contribution in [2.45, 2.75) is 30.9 Å². The smallest absolute Gasteiger partial charge is 0.406 e. The number of rotatable bonds is 5. The number of para-hydroxylation sites is 1. The van der Waals surface area contributed by atoms with Crippen LogP contribution in [-0.2, 0) is 22.7 Å². The van der Waals surface area contributed by atoms with Gasteiger partial charge in [-0.25, -0.2) is 13.4 Å². The van der Waals surface area contributed by atoms with Crippen LogP contribution in [0.3, 0.4) is 0 Å². The standard InChI is InChI=1S/C25H17F6N5O4S/c1-13(2)23-34-22(35-40-23)17-4-3-5-18-20(17)36(12-14-6-11-19(24(26,27)28)33-21(14)32-18)41(37,38)16-9-7-15(8-10-16)39-25(29,30)31/h3-11H,1,12H2,2H3,(H,32,33). The molecule has 1 N–H and O–H groups in total. The fourth-order valence-electron chi connectivity index (χ4n) is 3.99. The number of ether oxygens (including phenoxy) is 1. The maximum atomic E-state index is 14.0. The molecule has 0 radical (unpaired) electrons. The highest BCUT2D eigenvalue weighted by Gasteiger charge is 2.37. The number of benzene rings is 2. The zero-order valence-corrected chi connectivity index (χ0v) is 21.5. The molecule has 0 unspecified atom stereocenters. The molecule has 1 aliphatic rings. The highest BCUT2D eigenvalue weighted by Crippen LogP contribution is 2.44. The number of anilines is 3. The van der Waals surface area contributed by atoms with Gasteiger partial charge in [0.05, 0.1) is 22.8 Å². The quantitative estimate of drug-likeness (QED) is 0.259. The second-order valence-corrected chi connectivity index (χ2v) is 10.6. The van der Waals surface area contributed by atoms with Gasteiger partial charge in [0.25, 0.3) is 15.9 Å². The molecule has 9 nitrogen and oxygen atoms in total. The molecule has 0 amide bonds. The SMILES string of the molecule is C=C(C)c1nc(-c2cccc3c2N(S(=O)(=O)c2ccc(OC(F)(F)F)cc2)Cc2ccc(C(F)(F)F)nc2N3)no1. The maximum Gasteiger partial charge on any atom is 0.573 e. The Morgan fingerprint density at radius 3 is 2.34 bits per heavy atom. The van der Waals surface area contributed by atoms with Gasteiger partial charge >= 0.3 is 12.5 Å². The lowest BCUT2D eigenvalue weighted by atomic mass is 10.1. The van der Waals surface area contributed by atoms with Crippen LogP contribution in [0.5, 0.6) is 5.75 Å². The molecule has 4 aromatic rings. The number of nitrogens with zero attached hydrogens (tertiary/aromatic N) is 4. The highest BCUT2D eigenvalue weighted by molar-refractivity contribution is 7.92. The van der Waals surface area contributed by atoms with E-state index < -0.39 is 45.4 Å². The van der Waals surface area contributed by atoms with Crippen molar-refractivity contribution in [3.05, 3.63) is 78.3 Å². The second-order valence-electron chi connectivity index (χ2n) is 8.76. The van der Waals surface area contributed by atoms with Crippen molar-refractivity contribution in [3.63, 3.8) is 0 Å². The summed E-state index contributed by atoms with van der Waals surface area (Å²) in [4.78, 5) is 7.48. The molecule has 0 atom stereocenters. The van der Waals surface area contributed by atoms with E-state index in [1.54, 1.807) is 6.92 Å². The maximum absolute atomic E-state index is 14.0. The van der Waals surface area contributed by atoms with Crippen molar-refractivity contribution >= 4 is 32.8 Å². The van der Waals surface area contributed by atoms with E-state index in [-0.39, 0.29) is 40.0 Å². The predicted molar refractivity (Wildman–Crippen MR) is 133 cm³/mol. The zero-order chi connectivity index (χ0) is 29.7. The van der Waals surface area contributed by atoms with Crippen LogP contribution in [-0.4, -0.2) is 29.9 Å². The van der Waals surface area contributed by atoms with Crippen LogP contribution >= 0.6 is 0 Å². The number of alkyl halides is 6. The highest BCUT2D eigenvalue weighted by atomic mass is 32.2. The lowest BCUT2D eigenvalue weighted by Crippen LogP contribution is -2.31. The number of fused-ring (bicyclic) bond motifs is 2. The lowest BCUT2D eigenvalue weighted by molar-refractivity contribution is -0.274. The number of hydrogen-bond donors (Lipinski definition) is 1. The van der Waals surface area contributed by atoms with Crippen LogP contribution in [0.1, 0.15) is 24.1 Å². The summed E-state index contributed by atoms with van der Waals surface area (Å²) in [7, 11) is -4.58. The van der Waals surface area contributed by atoms with E-state index in [2.05, 4.69) is 31.8 Å². The number of hydrogen-bond acceptors (Lipinski definition) is 8. The third kappa shape index (κ3) is 5.54. The van der Waals surface area contributed by atoms with Gasteiger partial charge in [-0.15, -0.1) is 13.2 Å². The summed E-state index contributed by atoms with van der Waals surface area (Å²) in [5.74, 6) is -0.886. The molecule has 2 aromatic carbocycles. The van der Waals surface area contributed by atoms with Gasteiger partial charge in [0.15, 0.2) is 0 Å². The van der Waals surface area contributed by atoms with Crippen LogP contribution in [0.15, 0.2) is 70.6 Å². The van der Waals surface area contributed by atoms with Crippen molar-refractivity contribution in [2.75, 3.05) is 9.62 Å². The van der Waals surface area contributed by atoms with Crippen LogP contribution in [0.2, 0.25) is 0 Å². The van der Waals surface area contributed by atoms with E-state index in [0.29, 0.717) is 11.6 Å². The predicted octanol–water partition coefficient (Wildman–Crippen LogP) is 6.53. The van der Waals surface area contributed by atoms with Gasteiger partial charge in [0, 0.05) is 16.7 Å². The molecule has 41 heavy (non-hydrogen) atoms. The Morgan fingerprint density at radius 1 is 1.02 bits per heavy atom. The first-order valence-electron chi connectivity index (χ1n) is 11.5.